The van der Waals surface area contributed by atoms with Crippen LogP contribution in [0.1, 0.15) is 11.7 Å². The van der Waals surface area contributed by atoms with Crippen molar-refractivity contribution in [2.45, 2.75) is 12.1 Å². The summed E-state index contributed by atoms with van der Waals surface area (Å²) in [6, 6.07) is 0.249. The standard InChI is InChI=1S/C11H21ClN6/c1-16-4-5-17(2)9(7-16)10(15-13)11-8(12)6-14-18(11)3/h6,9-10,15H,4-5,7,13H2,1-3H3. The summed E-state index contributed by atoms with van der Waals surface area (Å²) >= 11 is 6.21. The third kappa shape index (κ3) is 2.53. The SMILES string of the molecule is CN1CCN(C)C(C(NN)c2c(Cl)cnn2C)C1. The van der Waals surface area contributed by atoms with Crippen molar-refractivity contribution in [3.8, 4) is 0 Å². The Morgan fingerprint density at radius 2 is 2.17 bits per heavy atom. The summed E-state index contributed by atoms with van der Waals surface area (Å²) in [4.78, 5) is 4.62. The molecule has 1 aromatic heterocycles. The van der Waals surface area contributed by atoms with Crippen LogP contribution in [0.4, 0.5) is 0 Å². The molecule has 0 spiro atoms. The van der Waals surface area contributed by atoms with Crippen LogP contribution in [0.15, 0.2) is 6.20 Å². The lowest BCUT2D eigenvalue weighted by molar-refractivity contribution is 0.0855. The van der Waals surface area contributed by atoms with Gasteiger partial charge in [0.2, 0.25) is 0 Å². The van der Waals surface area contributed by atoms with Crippen molar-refractivity contribution in [2.24, 2.45) is 12.9 Å². The number of nitrogens with zero attached hydrogens (tertiary/aromatic N) is 4. The molecule has 1 aliphatic heterocycles. The van der Waals surface area contributed by atoms with Gasteiger partial charge in [-0.05, 0) is 14.1 Å². The van der Waals surface area contributed by atoms with Crippen molar-refractivity contribution in [1.82, 2.24) is 25.0 Å². The van der Waals surface area contributed by atoms with Gasteiger partial charge in [0.1, 0.15) is 0 Å². The molecule has 2 unspecified atom stereocenters. The van der Waals surface area contributed by atoms with E-state index in [0.29, 0.717) is 5.02 Å². The Morgan fingerprint density at radius 1 is 1.44 bits per heavy atom. The molecular formula is C11H21ClN6. The first-order valence-electron chi connectivity index (χ1n) is 6.07. The van der Waals surface area contributed by atoms with Gasteiger partial charge in [-0.25, -0.2) is 5.43 Å². The number of likely N-dealkylation sites (N-methyl/N-ethyl adjacent to an activating group) is 2. The van der Waals surface area contributed by atoms with E-state index in [4.69, 9.17) is 17.4 Å². The van der Waals surface area contributed by atoms with Crippen LogP contribution in [0.5, 0.6) is 0 Å². The number of hydrogen-bond donors (Lipinski definition) is 2. The minimum absolute atomic E-state index is 0.0299. The van der Waals surface area contributed by atoms with Crippen molar-refractivity contribution < 1.29 is 0 Å². The highest BCUT2D eigenvalue weighted by atomic mass is 35.5. The van der Waals surface area contributed by atoms with E-state index in [1.165, 1.54) is 0 Å². The Balaban J connectivity index is 2.27. The molecule has 2 atom stereocenters. The van der Waals surface area contributed by atoms with Crippen LogP contribution in [0, 0.1) is 0 Å². The molecule has 1 saturated heterocycles. The number of hydrazine groups is 1. The predicted octanol–water partition coefficient (Wildman–Crippen LogP) is -0.176. The first-order valence-corrected chi connectivity index (χ1v) is 6.44. The van der Waals surface area contributed by atoms with Crippen molar-refractivity contribution in [2.75, 3.05) is 33.7 Å². The van der Waals surface area contributed by atoms with Crippen molar-refractivity contribution in [3.63, 3.8) is 0 Å². The number of nitrogens with two attached hydrogens (primary N) is 1. The fourth-order valence-electron chi connectivity index (χ4n) is 2.55. The van der Waals surface area contributed by atoms with E-state index >= 15 is 0 Å². The third-order valence-corrected chi connectivity index (χ3v) is 3.99. The van der Waals surface area contributed by atoms with Crippen LogP contribution >= 0.6 is 11.6 Å². The zero-order chi connectivity index (χ0) is 13.3. The minimum Gasteiger partial charge on any atom is -0.303 e. The summed E-state index contributed by atoms with van der Waals surface area (Å²) in [6.45, 7) is 3.05. The number of nitrogens with one attached hydrogen (secondary N) is 1. The summed E-state index contributed by atoms with van der Waals surface area (Å²) in [7, 11) is 6.13. The van der Waals surface area contributed by atoms with E-state index in [9.17, 15) is 0 Å². The molecule has 0 aromatic carbocycles. The average molecular weight is 273 g/mol. The zero-order valence-electron chi connectivity index (χ0n) is 11.1. The maximum absolute atomic E-state index is 6.21. The number of aromatic nitrogens is 2. The van der Waals surface area contributed by atoms with Gasteiger partial charge < -0.3 is 4.90 Å². The minimum atomic E-state index is -0.0299. The highest BCUT2D eigenvalue weighted by Crippen LogP contribution is 2.27. The van der Waals surface area contributed by atoms with Crippen molar-refractivity contribution in [1.29, 1.82) is 0 Å². The Kier molecular flexibility index (Phi) is 4.24. The highest BCUT2D eigenvalue weighted by Gasteiger charge is 2.33. The number of piperazine rings is 1. The quantitative estimate of drug-likeness (QED) is 0.591. The molecule has 0 amide bonds. The van der Waals surface area contributed by atoms with Crippen LogP contribution in [0.2, 0.25) is 5.02 Å². The van der Waals surface area contributed by atoms with Crippen molar-refractivity contribution in [3.05, 3.63) is 16.9 Å². The lowest BCUT2D eigenvalue weighted by Crippen LogP contribution is -2.56. The van der Waals surface area contributed by atoms with Gasteiger partial charge in [-0.15, -0.1) is 0 Å². The molecule has 7 heteroatoms. The smallest absolute Gasteiger partial charge is 0.0835 e. The Hall–Kier alpha value is -0.660. The maximum atomic E-state index is 6.21. The van der Waals surface area contributed by atoms with Crippen molar-refractivity contribution >= 4 is 11.6 Å². The average Bonchev–Trinajstić information content (AvgIpc) is 2.66. The van der Waals surface area contributed by atoms with Gasteiger partial charge in [0.25, 0.3) is 0 Å². The lowest BCUT2D eigenvalue weighted by atomic mass is 10.0. The normalized spacial score (nSPS) is 24.4. The summed E-state index contributed by atoms with van der Waals surface area (Å²) in [5.41, 5.74) is 3.83. The molecule has 0 bridgehead atoms. The lowest BCUT2D eigenvalue weighted by Gasteiger charge is -2.41. The monoisotopic (exact) mass is 272 g/mol. The number of rotatable bonds is 3. The molecule has 1 aliphatic rings. The Bertz CT molecular complexity index is 387. The molecule has 0 saturated carbocycles. The maximum Gasteiger partial charge on any atom is 0.0835 e. The number of halogens is 1. The van der Waals surface area contributed by atoms with E-state index in [2.05, 4.69) is 34.4 Å². The van der Waals surface area contributed by atoms with Gasteiger partial charge in [-0.2, -0.15) is 5.10 Å². The third-order valence-electron chi connectivity index (χ3n) is 3.70. The first-order chi connectivity index (χ1) is 8.54. The fraction of sp³-hybridized carbons (Fsp3) is 0.727. The Labute approximate surface area is 113 Å². The van der Waals surface area contributed by atoms with E-state index in [1.54, 1.807) is 10.9 Å². The van der Waals surface area contributed by atoms with E-state index in [1.807, 2.05) is 7.05 Å². The molecule has 102 valence electrons. The largest absolute Gasteiger partial charge is 0.303 e. The fourth-order valence-corrected chi connectivity index (χ4v) is 2.83. The zero-order valence-corrected chi connectivity index (χ0v) is 11.9. The Morgan fingerprint density at radius 3 is 2.72 bits per heavy atom. The molecule has 18 heavy (non-hydrogen) atoms. The van der Waals surface area contributed by atoms with Crippen LogP contribution in [0.3, 0.4) is 0 Å². The first kappa shape index (κ1) is 13.8. The van der Waals surface area contributed by atoms with Gasteiger partial charge in [0, 0.05) is 32.7 Å². The topological polar surface area (TPSA) is 62.4 Å². The van der Waals surface area contributed by atoms with E-state index in [0.717, 1.165) is 25.3 Å². The number of hydrogen-bond acceptors (Lipinski definition) is 5. The van der Waals surface area contributed by atoms with Crippen LogP contribution < -0.4 is 11.3 Å². The summed E-state index contributed by atoms with van der Waals surface area (Å²) < 4.78 is 1.79. The molecular weight excluding hydrogens is 252 g/mol. The van der Waals surface area contributed by atoms with Gasteiger partial charge in [0.15, 0.2) is 0 Å². The van der Waals surface area contributed by atoms with Crippen LogP contribution in [-0.2, 0) is 7.05 Å². The molecule has 2 heterocycles. The summed E-state index contributed by atoms with van der Waals surface area (Å²) in [6.07, 6.45) is 1.66. The van der Waals surface area contributed by atoms with Gasteiger partial charge >= 0.3 is 0 Å². The van der Waals surface area contributed by atoms with Gasteiger partial charge in [-0.3, -0.25) is 15.4 Å². The molecule has 0 radical (unpaired) electrons. The van der Waals surface area contributed by atoms with Crippen LogP contribution in [-0.4, -0.2) is 59.4 Å². The summed E-state index contributed by atoms with van der Waals surface area (Å²) in [5.74, 6) is 5.75. The second-order valence-electron chi connectivity index (χ2n) is 4.96. The summed E-state index contributed by atoms with van der Waals surface area (Å²) in [5, 5.41) is 4.84. The van der Waals surface area contributed by atoms with E-state index < -0.39 is 0 Å². The molecule has 1 fully saturated rings. The predicted molar refractivity (Wildman–Crippen MR) is 72.2 cm³/mol. The van der Waals surface area contributed by atoms with Gasteiger partial charge in [-0.1, -0.05) is 11.6 Å². The van der Waals surface area contributed by atoms with E-state index in [-0.39, 0.29) is 12.1 Å². The molecule has 1 aromatic rings. The molecule has 6 nitrogen and oxygen atoms in total. The highest BCUT2D eigenvalue weighted by molar-refractivity contribution is 6.31. The molecule has 0 aliphatic carbocycles. The second-order valence-corrected chi connectivity index (χ2v) is 5.36. The second kappa shape index (κ2) is 5.54. The molecule has 3 N–H and O–H groups in total. The van der Waals surface area contributed by atoms with Crippen LogP contribution in [0.25, 0.3) is 0 Å². The molecule has 2 rings (SSSR count). The van der Waals surface area contributed by atoms with Gasteiger partial charge in [0.05, 0.1) is 23.0 Å². The number of aryl methyl sites for hydroxylation is 1.